The van der Waals surface area contributed by atoms with Gasteiger partial charge >= 0.3 is 5.97 Å². The molecule has 0 aromatic heterocycles. The Balaban J connectivity index is 1.92. The standard InChI is InChI=1S/C13H16N2O3/c1-18-12(16)8-15-13(17)11-6-9-4-2-3-5-10(9)7-14-11/h2-5,11,14H,6-8H2,1H3,(H,15,17)/t11-/m0/s1. The minimum absolute atomic E-state index is 0.0881. The number of carbonyl (C=O) groups excluding carboxylic acids is 2. The molecule has 0 fully saturated rings. The number of methoxy groups -OCH3 is 1. The van der Waals surface area contributed by atoms with Gasteiger partial charge in [0, 0.05) is 6.54 Å². The van der Waals surface area contributed by atoms with Crippen molar-refractivity contribution in [1.29, 1.82) is 0 Å². The Hall–Kier alpha value is -1.88. The number of rotatable bonds is 3. The van der Waals surface area contributed by atoms with Crippen LogP contribution in [0.1, 0.15) is 11.1 Å². The number of benzene rings is 1. The number of esters is 1. The number of carbonyl (C=O) groups is 2. The van der Waals surface area contributed by atoms with Gasteiger partial charge in [0.25, 0.3) is 0 Å². The van der Waals surface area contributed by atoms with E-state index in [0.717, 1.165) is 0 Å². The molecule has 96 valence electrons. The van der Waals surface area contributed by atoms with E-state index >= 15 is 0 Å². The molecule has 0 saturated carbocycles. The average molecular weight is 248 g/mol. The minimum Gasteiger partial charge on any atom is -0.468 e. The monoisotopic (exact) mass is 248 g/mol. The molecule has 1 aromatic rings. The molecule has 18 heavy (non-hydrogen) atoms. The zero-order valence-corrected chi connectivity index (χ0v) is 10.2. The Bertz CT molecular complexity index is 459. The van der Waals surface area contributed by atoms with Gasteiger partial charge in [-0.05, 0) is 17.5 Å². The maximum Gasteiger partial charge on any atom is 0.325 e. The molecular weight excluding hydrogens is 232 g/mol. The van der Waals surface area contributed by atoms with E-state index < -0.39 is 5.97 Å². The van der Waals surface area contributed by atoms with Crippen molar-refractivity contribution in [2.75, 3.05) is 13.7 Å². The zero-order valence-electron chi connectivity index (χ0n) is 10.2. The van der Waals surface area contributed by atoms with Gasteiger partial charge in [-0.3, -0.25) is 9.59 Å². The number of nitrogens with one attached hydrogen (secondary N) is 2. The second-order valence-corrected chi connectivity index (χ2v) is 4.20. The van der Waals surface area contributed by atoms with Crippen molar-refractivity contribution in [1.82, 2.24) is 10.6 Å². The van der Waals surface area contributed by atoms with E-state index in [2.05, 4.69) is 15.4 Å². The highest BCUT2D eigenvalue weighted by Gasteiger charge is 2.23. The first-order valence-electron chi connectivity index (χ1n) is 5.85. The van der Waals surface area contributed by atoms with Crippen LogP contribution in [0.2, 0.25) is 0 Å². The summed E-state index contributed by atoms with van der Waals surface area (Å²) in [4.78, 5) is 22.8. The van der Waals surface area contributed by atoms with Crippen LogP contribution >= 0.6 is 0 Å². The molecule has 0 saturated heterocycles. The van der Waals surface area contributed by atoms with Crippen molar-refractivity contribution in [2.24, 2.45) is 0 Å². The Labute approximate surface area is 106 Å². The van der Waals surface area contributed by atoms with Gasteiger partial charge in [-0.15, -0.1) is 0 Å². The fourth-order valence-corrected chi connectivity index (χ4v) is 1.99. The molecule has 0 unspecified atom stereocenters. The third-order valence-corrected chi connectivity index (χ3v) is 3.03. The van der Waals surface area contributed by atoms with Crippen LogP contribution in [0.3, 0.4) is 0 Å². The minimum atomic E-state index is -0.445. The number of hydrogen-bond donors (Lipinski definition) is 2. The zero-order chi connectivity index (χ0) is 13.0. The molecule has 0 spiro atoms. The lowest BCUT2D eigenvalue weighted by Gasteiger charge is -2.25. The van der Waals surface area contributed by atoms with Crippen molar-refractivity contribution in [3.8, 4) is 0 Å². The van der Waals surface area contributed by atoms with Crippen molar-refractivity contribution < 1.29 is 14.3 Å². The summed E-state index contributed by atoms with van der Waals surface area (Å²) in [7, 11) is 1.30. The molecule has 1 amide bonds. The van der Waals surface area contributed by atoms with E-state index in [0.29, 0.717) is 13.0 Å². The predicted octanol–water partition coefficient (Wildman–Crippen LogP) is -0.00990. The average Bonchev–Trinajstić information content (AvgIpc) is 2.43. The SMILES string of the molecule is COC(=O)CNC(=O)[C@@H]1Cc2ccccc2CN1. The number of hydrogen-bond acceptors (Lipinski definition) is 4. The van der Waals surface area contributed by atoms with Crippen molar-refractivity contribution >= 4 is 11.9 Å². The van der Waals surface area contributed by atoms with Crippen LogP contribution in [0.5, 0.6) is 0 Å². The van der Waals surface area contributed by atoms with Crippen LogP contribution in [0, 0.1) is 0 Å². The van der Waals surface area contributed by atoms with Gasteiger partial charge in [-0.1, -0.05) is 24.3 Å². The molecular formula is C13H16N2O3. The first-order chi connectivity index (χ1) is 8.70. The van der Waals surface area contributed by atoms with Gasteiger partial charge < -0.3 is 15.4 Å². The largest absolute Gasteiger partial charge is 0.468 e. The fourth-order valence-electron chi connectivity index (χ4n) is 1.99. The van der Waals surface area contributed by atoms with Gasteiger partial charge in [0.05, 0.1) is 13.2 Å². The number of ether oxygens (including phenoxy) is 1. The first kappa shape index (κ1) is 12.6. The van der Waals surface area contributed by atoms with E-state index in [1.807, 2.05) is 24.3 Å². The molecule has 1 aromatic carbocycles. The summed E-state index contributed by atoms with van der Waals surface area (Å²) in [6, 6.07) is 7.73. The third kappa shape index (κ3) is 2.87. The van der Waals surface area contributed by atoms with Gasteiger partial charge in [0.15, 0.2) is 0 Å². The summed E-state index contributed by atoms with van der Waals surface area (Å²) in [5.74, 6) is -0.616. The lowest BCUT2D eigenvalue weighted by atomic mass is 9.95. The van der Waals surface area contributed by atoms with Crippen LogP contribution in [0.25, 0.3) is 0 Å². The third-order valence-electron chi connectivity index (χ3n) is 3.03. The van der Waals surface area contributed by atoms with E-state index in [-0.39, 0.29) is 18.5 Å². The Morgan fingerprint density at radius 1 is 1.39 bits per heavy atom. The Kier molecular flexibility index (Phi) is 3.94. The molecule has 0 aliphatic carbocycles. The van der Waals surface area contributed by atoms with E-state index in [9.17, 15) is 9.59 Å². The van der Waals surface area contributed by atoms with Crippen LogP contribution in [-0.4, -0.2) is 31.6 Å². The smallest absolute Gasteiger partial charge is 0.325 e. The Morgan fingerprint density at radius 2 is 2.11 bits per heavy atom. The summed E-state index contributed by atoms with van der Waals surface area (Å²) < 4.78 is 4.47. The molecule has 5 heteroatoms. The highest BCUT2D eigenvalue weighted by atomic mass is 16.5. The summed E-state index contributed by atoms with van der Waals surface area (Å²) in [6.45, 7) is 0.585. The van der Waals surface area contributed by atoms with Crippen LogP contribution < -0.4 is 10.6 Å². The number of fused-ring (bicyclic) bond motifs is 1. The number of amides is 1. The predicted molar refractivity (Wildman–Crippen MR) is 65.8 cm³/mol. The van der Waals surface area contributed by atoms with Gasteiger partial charge in [0.2, 0.25) is 5.91 Å². The van der Waals surface area contributed by atoms with Gasteiger partial charge in [-0.2, -0.15) is 0 Å². The van der Waals surface area contributed by atoms with E-state index in [1.165, 1.54) is 18.2 Å². The van der Waals surface area contributed by atoms with Crippen molar-refractivity contribution in [3.05, 3.63) is 35.4 Å². The van der Waals surface area contributed by atoms with E-state index in [1.54, 1.807) is 0 Å². The lowest BCUT2D eigenvalue weighted by Crippen LogP contribution is -2.48. The summed E-state index contributed by atoms with van der Waals surface area (Å²) in [5.41, 5.74) is 2.39. The molecule has 1 aliphatic heterocycles. The van der Waals surface area contributed by atoms with Crippen LogP contribution in [-0.2, 0) is 27.3 Å². The van der Waals surface area contributed by atoms with Crippen LogP contribution in [0.4, 0.5) is 0 Å². The molecule has 1 atom stereocenters. The molecule has 5 nitrogen and oxygen atoms in total. The van der Waals surface area contributed by atoms with Crippen molar-refractivity contribution in [2.45, 2.75) is 19.0 Å². The van der Waals surface area contributed by atoms with Gasteiger partial charge in [0.1, 0.15) is 6.54 Å². The lowest BCUT2D eigenvalue weighted by molar-refractivity contribution is -0.141. The maximum absolute atomic E-state index is 11.8. The maximum atomic E-state index is 11.8. The summed E-state index contributed by atoms with van der Waals surface area (Å²) >= 11 is 0. The van der Waals surface area contributed by atoms with E-state index in [4.69, 9.17) is 0 Å². The quantitative estimate of drug-likeness (QED) is 0.738. The second-order valence-electron chi connectivity index (χ2n) is 4.20. The summed E-state index contributed by atoms with van der Waals surface area (Å²) in [5, 5.41) is 5.71. The normalized spacial score (nSPS) is 17.7. The second kappa shape index (κ2) is 5.64. The van der Waals surface area contributed by atoms with Gasteiger partial charge in [-0.25, -0.2) is 0 Å². The van der Waals surface area contributed by atoms with Crippen molar-refractivity contribution in [3.63, 3.8) is 0 Å². The molecule has 0 bridgehead atoms. The highest BCUT2D eigenvalue weighted by Crippen LogP contribution is 2.16. The molecule has 1 heterocycles. The van der Waals surface area contributed by atoms with Crippen LogP contribution in [0.15, 0.2) is 24.3 Å². The topological polar surface area (TPSA) is 67.4 Å². The first-order valence-corrected chi connectivity index (χ1v) is 5.85. The fraction of sp³-hybridized carbons (Fsp3) is 0.385. The molecule has 2 rings (SSSR count). The summed E-state index contributed by atoms with van der Waals surface area (Å²) in [6.07, 6.45) is 0.642. The molecule has 2 N–H and O–H groups in total. The molecule has 0 radical (unpaired) electrons. The molecule has 1 aliphatic rings. The Morgan fingerprint density at radius 3 is 2.83 bits per heavy atom. The highest BCUT2D eigenvalue weighted by molar-refractivity contribution is 5.86.